The Balaban J connectivity index is 1.69. The first kappa shape index (κ1) is 16.2. The number of nitrogens with one attached hydrogen (secondary N) is 1. The molecule has 0 spiro atoms. The van der Waals surface area contributed by atoms with E-state index in [4.69, 9.17) is 0 Å². The Morgan fingerprint density at radius 2 is 1.96 bits per heavy atom. The maximum atomic E-state index is 13.1. The molecule has 1 N–H and O–H groups in total. The van der Waals surface area contributed by atoms with Crippen LogP contribution in [-0.4, -0.2) is 24.0 Å². The number of piperidine rings is 1. The molecular weight excluding hydrogens is 408 g/mol. The zero-order valence-electron chi connectivity index (χ0n) is 12.6. The summed E-state index contributed by atoms with van der Waals surface area (Å²) in [5, 5.41) is 2.80. The van der Waals surface area contributed by atoms with Gasteiger partial charge in [0.15, 0.2) is 0 Å². The molecule has 1 fully saturated rings. The lowest BCUT2D eigenvalue weighted by Crippen LogP contribution is -2.30. The van der Waals surface area contributed by atoms with Crippen molar-refractivity contribution >= 4 is 40.0 Å². The smallest absolute Gasteiger partial charge is 0.256 e. The van der Waals surface area contributed by atoms with Gasteiger partial charge in [0.2, 0.25) is 0 Å². The molecule has 4 nitrogen and oxygen atoms in total. The standard InChI is InChI=1S/C17H17FIN3O/c18-12-4-6-14(15(19)10-12)17(23)21-13-5-7-16(20-11-13)22-8-2-1-3-9-22/h4-7,10-11H,1-3,8-9H2,(H,21,23). The van der Waals surface area contributed by atoms with E-state index in [0.717, 1.165) is 18.9 Å². The Labute approximate surface area is 148 Å². The summed E-state index contributed by atoms with van der Waals surface area (Å²) in [6.07, 6.45) is 5.34. The lowest BCUT2D eigenvalue weighted by molar-refractivity contribution is 0.102. The molecule has 1 aromatic heterocycles. The van der Waals surface area contributed by atoms with Crippen LogP contribution in [0, 0.1) is 9.39 Å². The minimum absolute atomic E-state index is 0.262. The van der Waals surface area contributed by atoms with Crippen LogP contribution in [0.2, 0.25) is 0 Å². The highest BCUT2D eigenvalue weighted by Gasteiger charge is 2.13. The van der Waals surface area contributed by atoms with Crippen LogP contribution < -0.4 is 10.2 Å². The van der Waals surface area contributed by atoms with E-state index in [1.54, 1.807) is 6.20 Å². The molecule has 1 aliphatic heterocycles. The summed E-state index contributed by atoms with van der Waals surface area (Å²) in [4.78, 5) is 19.0. The molecule has 1 amide bonds. The fourth-order valence-electron chi connectivity index (χ4n) is 2.64. The highest BCUT2D eigenvalue weighted by atomic mass is 127. The van der Waals surface area contributed by atoms with Crippen molar-refractivity contribution < 1.29 is 9.18 Å². The molecule has 0 atom stereocenters. The maximum absolute atomic E-state index is 13.1. The third-order valence-electron chi connectivity index (χ3n) is 3.86. The van der Waals surface area contributed by atoms with Gasteiger partial charge < -0.3 is 10.2 Å². The summed E-state index contributed by atoms with van der Waals surface area (Å²) in [5.41, 5.74) is 1.09. The zero-order chi connectivity index (χ0) is 16.2. The van der Waals surface area contributed by atoms with Crippen LogP contribution in [0.1, 0.15) is 29.6 Å². The van der Waals surface area contributed by atoms with Gasteiger partial charge in [-0.05, 0) is 72.2 Å². The van der Waals surface area contributed by atoms with Crippen LogP contribution in [0.4, 0.5) is 15.9 Å². The van der Waals surface area contributed by atoms with Crippen LogP contribution in [-0.2, 0) is 0 Å². The summed E-state index contributed by atoms with van der Waals surface area (Å²) in [5.74, 6) is 0.333. The molecule has 120 valence electrons. The van der Waals surface area contributed by atoms with E-state index in [0.29, 0.717) is 14.8 Å². The maximum Gasteiger partial charge on any atom is 0.256 e. The number of rotatable bonds is 3. The van der Waals surface area contributed by atoms with E-state index in [-0.39, 0.29) is 11.7 Å². The van der Waals surface area contributed by atoms with Gasteiger partial charge in [-0.25, -0.2) is 9.37 Å². The van der Waals surface area contributed by atoms with Gasteiger partial charge in [0.1, 0.15) is 11.6 Å². The molecule has 1 aromatic carbocycles. The number of nitrogens with zero attached hydrogens (tertiary/aromatic N) is 2. The molecule has 0 unspecified atom stereocenters. The minimum Gasteiger partial charge on any atom is -0.357 e. The average Bonchev–Trinajstić information content (AvgIpc) is 2.56. The van der Waals surface area contributed by atoms with E-state index >= 15 is 0 Å². The van der Waals surface area contributed by atoms with E-state index in [9.17, 15) is 9.18 Å². The van der Waals surface area contributed by atoms with Crippen LogP contribution in [0.15, 0.2) is 36.5 Å². The number of carbonyl (C=O) groups is 1. The van der Waals surface area contributed by atoms with Gasteiger partial charge in [0.25, 0.3) is 5.91 Å². The third kappa shape index (κ3) is 3.99. The monoisotopic (exact) mass is 425 g/mol. The lowest BCUT2D eigenvalue weighted by atomic mass is 10.1. The predicted octanol–water partition coefficient (Wildman–Crippen LogP) is 4.07. The Hall–Kier alpha value is -1.70. The normalized spacial score (nSPS) is 14.6. The van der Waals surface area contributed by atoms with Crippen LogP contribution in [0.3, 0.4) is 0 Å². The first-order chi connectivity index (χ1) is 11.1. The number of pyridine rings is 1. The topological polar surface area (TPSA) is 45.2 Å². The molecular formula is C17H17FIN3O. The Kier molecular flexibility index (Phi) is 5.09. The molecule has 6 heteroatoms. The highest BCUT2D eigenvalue weighted by Crippen LogP contribution is 2.20. The van der Waals surface area contributed by atoms with Crippen molar-refractivity contribution in [1.29, 1.82) is 0 Å². The third-order valence-corrected chi connectivity index (χ3v) is 4.75. The van der Waals surface area contributed by atoms with E-state index in [2.05, 4.69) is 15.2 Å². The number of hydrogen-bond donors (Lipinski definition) is 1. The summed E-state index contributed by atoms with van der Waals surface area (Å²) < 4.78 is 13.7. The van der Waals surface area contributed by atoms with Crippen molar-refractivity contribution in [3.8, 4) is 0 Å². The van der Waals surface area contributed by atoms with Crippen LogP contribution in [0.25, 0.3) is 0 Å². The molecule has 2 aromatic rings. The summed E-state index contributed by atoms with van der Waals surface area (Å²) in [6, 6.07) is 7.89. The molecule has 1 saturated heterocycles. The van der Waals surface area contributed by atoms with E-state index in [1.165, 1.54) is 37.5 Å². The van der Waals surface area contributed by atoms with Crippen molar-refractivity contribution in [1.82, 2.24) is 4.98 Å². The Morgan fingerprint density at radius 3 is 2.61 bits per heavy atom. The van der Waals surface area contributed by atoms with Gasteiger partial charge in [-0.3, -0.25) is 4.79 Å². The van der Waals surface area contributed by atoms with Crippen molar-refractivity contribution in [2.24, 2.45) is 0 Å². The molecule has 0 aliphatic carbocycles. The lowest BCUT2D eigenvalue weighted by Gasteiger charge is -2.27. The molecule has 0 radical (unpaired) electrons. The fraction of sp³-hybridized carbons (Fsp3) is 0.294. The Bertz CT molecular complexity index is 699. The number of amides is 1. The summed E-state index contributed by atoms with van der Waals surface area (Å²) >= 11 is 1.96. The largest absolute Gasteiger partial charge is 0.357 e. The molecule has 3 rings (SSSR count). The van der Waals surface area contributed by atoms with Gasteiger partial charge in [-0.2, -0.15) is 0 Å². The molecule has 2 heterocycles. The quantitative estimate of drug-likeness (QED) is 0.755. The van der Waals surface area contributed by atoms with Crippen molar-refractivity contribution in [3.63, 3.8) is 0 Å². The minimum atomic E-state index is -0.349. The first-order valence-corrected chi connectivity index (χ1v) is 8.69. The molecule has 23 heavy (non-hydrogen) atoms. The summed E-state index contributed by atoms with van der Waals surface area (Å²) in [6.45, 7) is 2.07. The van der Waals surface area contributed by atoms with E-state index in [1.807, 2.05) is 34.7 Å². The molecule has 0 bridgehead atoms. The SMILES string of the molecule is O=C(Nc1ccc(N2CCCCC2)nc1)c1ccc(F)cc1I. The van der Waals surface area contributed by atoms with Gasteiger partial charge in [0.05, 0.1) is 17.4 Å². The predicted molar refractivity (Wildman–Crippen MR) is 97.4 cm³/mol. The highest BCUT2D eigenvalue weighted by molar-refractivity contribution is 14.1. The number of carbonyl (C=O) groups excluding carboxylic acids is 1. The number of aromatic nitrogens is 1. The van der Waals surface area contributed by atoms with Crippen molar-refractivity contribution in [2.75, 3.05) is 23.3 Å². The second-order valence-corrected chi connectivity index (χ2v) is 6.69. The second kappa shape index (κ2) is 7.25. The van der Waals surface area contributed by atoms with Gasteiger partial charge >= 0.3 is 0 Å². The van der Waals surface area contributed by atoms with Crippen LogP contribution >= 0.6 is 22.6 Å². The molecule has 0 saturated carbocycles. The number of halogens is 2. The van der Waals surface area contributed by atoms with Gasteiger partial charge in [-0.1, -0.05) is 0 Å². The van der Waals surface area contributed by atoms with Crippen molar-refractivity contribution in [2.45, 2.75) is 19.3 Å². The second-order valence-electron chi connectivity index (χ2n) is 5.53. The average molecular weight is 425 g/mol. The van der Waals surface area contributed by atoms with Gasteiger partial charge in [-0.15, -0.1) is 0 Å². The first-order valence-electron chi connectivity index (χ1n) is 7.61. The van der Waals surface area contributed by atoms with E-state index < -0.39 is 0 Å². The summed E-state index contributed by atoms with van der Waals surface area (Å²) in [7, 11) is 0. The van der Waals surface area contributed by atoms with Crippen molar-refractivity contribution in [3.05, 3.63) is 51.5 Å². The number of hydrogen-bond acceptors (Lipinski definition) is 3. The Morgan fingerprint density at radius 1 is 1.17 bits per heavy atom. The fourth-order valence-corrected chi connectivity index (χ4v) is 3.36. The van der Waals surface area contributed by atoms with Crippen LogP contribution in [0.5, 0.6) is 0 Å². The van der Waals surface area contributed by atoms with Gasteiger partial charge in [0, 0.05) is 16.7 Å². The number of anilines is 2. The number of benzene rings is 1. The molecule has 1 aliphatic rings. The zero-order valence-corrected chi connectivity index (χ0v) is 14.7.